The van der Waals surface area contributed by atoms with Crippen LogP contribution in [0.15, 0.2) is 42.5 Å². The fourth-order valence-electron chi connectivity index (χ4n) is 1.61. The zero-order chi connectivity index (χ0) is 13.0. The second-order valence-corrected chi connectivity index (χ2v) is 3.81. The predicted octanol–water partition coefficient (Wildman–Crippen LogP) is 2.21. The van der Waals surface area contributed by atoms with Crippen molar-refractivity contribution >= 4 is 13.3 Å². The molecule has 0 saturated heterocycles. The summed E-state index contributed by atoms with van der Waals surface area (Å²) in [5, 5.41) is 0. The van der Waals surface area contributed by atoms with Gasteiger partial charge in [-0.3, -0.25) is 0 Å². The van der Waals surface area contributed by atoms with Crippen LogP contribution in [0, 0.1) is 5.82 Å². The molecule has 2 aromatic carbocycles. The van der Waals surface area contributed by atoms with E-state index in [0.29, 0.717) is 11.2 Å². The van der Waals surface area contributed by atoms with Gasteiger partial charge in [0.1, 0.15) is 14.5 Å². The van der Waals surface area contributed by atoms with Crippen LogP contribution in [-0.2, 0) is 6.61 Å². The van der Waals surface area contributed by atoms with Crippen molar-refractivity contribution in [1.82, 2.24) is 0 Å². The Hall–Kier alpha value is -1.97. The maximum absolute atomic E-state index is 13.7. The molecule has 0 unspecified atom stereocenters. The average Bonchev–Trinajstić information content (AvgIpc) is 2.38. The highest BCUT2D eigenvalue weighted by Crippen LogP contribution is 2.29. The lowest BCUT2D eigenvalue weighted by Crippen LogP contribution is -2.07. The first-order valence-electron chi connectivity index (χ1n) is 5.50. The van der Waals surface area contributed by atoms with E-state index >= 15 is 0 Å². The van der Waals surface area contributed by atoms with Gasteiger partial charge in [0.2, 0.25) is 0 Å². The predicted molar refractivity (Wildman–Crippen MR) is 69.1 cm³/mol. The van der Waals surface area contributed by atoms with Gasteiger partial charge in [-0.1, -0.05) is 35.8 Å². The summed E-state index contributed by atoms with van der Waals surface area (Å²) in [5.41, 5.74) is 1.26. The van der Waals surface area contributed by atoms with Crippen molar-refractivity contribution in [2.24, 2.45) is 0 Å². The smallest absolute Gasteiger partial charge is 0.197 e. The Morgan fingerprint density at radius 1 is 1.17 bits per heavy atom. The molecule has 0 saturated carbocycles. The van der Waals surface area contributed by atoms with Crippen LogP contribution in [0.5, 0.6) is 11.5 Å². The Morgan fingerprint density at radius 2 is 1.89 bits per heavy atom. The van der Waals surface area contributed by atoms with Gasteiger partial charge in [-0.05, 0) is 17.7 Å². The van der Waals surface area contributed by atoms with Gasteiger partial charge in [-0.2, -0.15) is 0 Å². The van der Waals surface area contributed by atoms with Crippen molar-refractivity contribution in [1.29, 1.82) is 0 Å². The Balaban J connectivity index is 2.19. The molecular formula is C14H12BFO2. The van der Waals surface area contributed by atoms with Gasteiger partial charge in [-0.15, -0.1) is 0 Å². The quantitative estimate of drug-likeness (QED) is 0.765. The van der Waals surface area contributed by atoms with Crippen molar-refractivity contribution in [3.05, 3.63) is 53.8 Å². The Morgan fingerprint density at radius 3 is 2.56 bits per heavy atom. The summed E-state index contributed by atoms with van der Waals surface area (Å²) in [6.07, 6.45) is 0. The number of benzene rings is 2. The molecule has 0 atom stereocenters. The molecule has 0 aromatic heterocycles. The highest BCUT2D eigenvalue weighted by Gasteiger charge is 2.11. The first kappa shape index (κ1) is 12.5. The summed E-state index contributed by atoms with van der Waals surface area (Å²) in [6, 6.07) is 12.3. The van der Waals surface area contributed by atoms with E-state index in [1.54, 1.807) is 0 Å². The number of ether oxygens (including phenoxy) is 2. The van der Waals surface area contributed by atoms with Crippen LogP contribution < -0.4 is 14.9 Å². The van der Waals surface area contributed by atoms with Gasteiger partial charge in [0.25, 0.3) is 0 Å². The van der Waals surface area contributed by atoms with Crippen molar-refractivity contribution in [3.63, 3.8) is 0 Å². The number of halogens is 1. The number of hydrogen-bond donors (Lipinski definition) is 0. The lowest BCUT2D eigenvalue weighted by atomic mass is 9.96. The fraction of sp³-hybridized carbons (Fsp3) is 0.143. The summed E-state index contributed by atoms with van der Waals surface area (Å²) in [6.45, 7) is 0.276. The first-order valence-corrected chi connectivity index (χ1v) is 5.50. The molecule has 2 nitrogen and oxygen atoms in total. The van der Waals surface area contributed by atoms with E-state index in [9.17, 15) is 4.39 Å². The molecular weight excluding hydrogens is 230 g/mol. The molecule has 0 bridgehead atoms. The van der Waals surface area contributed by atoms with Crippen molar-refractivity contribution < 1.29 is 13.9 Å². The number of rotatable bonds is 4. The van der Waals surface area contributed by atoms with Gasteiger partial charge in [0.05, 0.1) is 7.11 Å². The van der Waals surface area contributed by atoms with Gasteiger partial charge in [0.15, 0.2) is 17.3 Å². The molecule has 0 aliphatic rings. The van der Waals surface area contributed by atoms with E-state index in [0.717, 1.165) is 5.56 Å². The van der Waals surface area contributed by atoms with Gasteiger partial charge in [0, 0.05) is 0 Å². The van der Waals surface area contributed by atoms with Crippen LogP contribution in [0.25, 0.3) is 0 Å². The first-order chi connectivity index (χ1) is 8.70. The summed E-state index contributed by atoms with van der Waals surface area (Å²) in [7, 11) is 6.98. The lowest BCUT2D eigenvalue weighted by molar-refractivity contribution is 0.270. The van der Waals surface area contributed by atoms with Crippen LogP contribution in [0.4, 0.5) is 4.39 Å². The maximum atomic E-state index is 13.7. The molecule has 2 radical (unpaired) electrons. The minimum absolute atomic E-state index is 0.0792. The van der Waals surface area contributed by atoms with Crippen molar-refractivity contribution in [3.8, 4) is 11.5 Å². The standard InChI is InChI=1S/C14H12BFO2/c1-17-13-8-11(15)7-12(16)14(13)18-9-10-5-3-2-4-6-10/h2-8H,9H2,1H3. The zero-order valence-corrected chi connectivity index (χ0v) is 10.0. The Kier molecular flexibility index (Phi) is 3.87. The van der Waals surface area contributed by atoms with Crippen LogP contribution in [0.2, 0.25) is 0 Å². The number of hydrogen-bond acceptors (Lipinski definition) is 2. The molecule has 0 aliphatic heterocycles. The van der Waals surface area contributed by atoms with Gasteiger partial charge < -0.3 is 9.47 Å². The normalized spacial score (nSPS) is 10.1. The van der Waals surface area contributed by atoms with Crippen LogP contribution in [-0.4, -0.2) is 15.0 Å². The third-order valence-corrected chi connectivity index (χ3v) is 2.48. The second kappa shape index (κ2) is 5.58. The summed E-state index contributed by atoms with van der Waals surface area (Å²) < 4.78 is 24.2. The zero-order valence-electron chi connectivity index (χ0n) is 10.0. The molecule has 0 N–H and O–H groups in total. The number of methoxy groups -OCH3 is 1. The van der Waals surface area contributed by atoms with Crippen molar-refractivity contribution in [2.75, 3.05) is 7.11 Å². The Bertz CT molecular complexity index is 529. The minimum Gasteiger partial charge on any atom is -0.493 e. The molecule has 0 heterocycles. The van der Waals surface area contributed by atoms with E-state index in [2.05, 4.69) is 0 Å². The second-order valence-electron chi connectivity index (χ2n) is 3.81. The summed E-state index contributed by atoms with van der Waals surface area (Å²) in [4.78, 5) is 0. The van der Waals surface area contributed by atoms with E-state index in [4.69, 9.17) is 17.3 Å². The highest BCUT2D eigenvalue weighted by molar-refractivity contribution is 6.32. The minimum atomic E-state index is -0.525. The molecule has 2 rings (SSSR count). The lowest BCUT2D eigenvalue weighted by Gasteiger charge is -2.12. The third kappa shape index (κ3) is 2.83. The van der Waals surface area contributed by atoms with Crippen LogP contribution in [0.3, 0.4) is 0 Å². The average molecular weight is 242 g/mol. The maximum Gasteiger partial charge on any atom is 0.197 e. The van der Waals surface area contributed by atoms with E-state index in [-0.39, 0.29) is 12.4 Å². The summed E-state index contributed by atoms with van der Waals surface area (Å²) in [5.74, 6) is -0.151. The van der Waals surface area contributed by atoms with E-state index < -0.39 is 5.82 Å². The molecule has 18 heavy (non-hydrogen) atoms. The molecule has 0 amide bonds. The topological polar surface area (TPSA) is 18.5 Å². The van der Waals surface area contributed by atoms with Crippen LogP contribution in [0.1, 0.15) is 5.56 Å². The van der Waals surface area contributed by atoms with Gasteiger partial charge >= 0.3 is 0 Å². The fourth-order valence-corrected chi connectivity index (χ4v) is 1.61. The third-order valence-electron chi connectivity index (χ3n) is 2.48. The van der Waals surface area contributed by atoms with E-state index in [1.165, 1.54) is 19.2 Å². The highest BCUT2D eigenvalue weighted by atomic mass is 19.1. The van der Waals surface area contributed by atoms with Crippen molar-refractivity contribution in [2.45, 2.75) is 6.61 Å². The SMILES string of the molecule is [B]c1cc(F)c(OCc2ccccc2)c(OC)c1. The summed E-state index contributed by atoms with van der Waals surface area (Å²) >= 11 is 0. The molecule has 4 heteroatoms. The Labute approximate surface area is 107 Å². The van der Waals surface area contributed by atoms with Crippen LogP contribution >= 0.6 is 0 Å². The molecule has 2 aromatic rings. The van der Waals surface area contributed by atoms with E-state index in [1.807, 2.05) is 30.3 Å². The molecule has 0 aliphatic carbocycles. The largest absolute Gasteiger partial charge is 0.493 e. The molecule has 0 fully saturated rings. The molecule has 90 valence electrons. The van der Waals surface area contributed by atoms with Gasteiger partial charge in [-0.25, -0.2) is 4.39 Å². The monoisotopic (exact) mass is 242 g/mol. The molecule has 0 spiro atoms.